The van der Waals surface area contributed by atoms with Crippen molar-refractivity contribution >= 4 is 34.9 Å². The Balaban J connectivity index is 2.63. The SMILES string of the molecule is CCCCC(Cl)OC(=O)[C@@H](NC(=O)N(C)Cc1csc(C(C)C)n1)C(C)C. The Hall–Kier alpha value is -1.34. The lowest BCUT2D eigenvalue weighted by Gasteiger charge is -2.25. The molecular weight excluding hydrogens is 386 g/mol. The van der Waals surface area contributed by atoms with Gasteiger partial charge >= 0.3 is 12.0 Å². The monoisotopic (exact) mass is 417 g/mol. The highest BCUT2D eigenvalue weighted by Gasteiger charge is 2.28. The van der Waals surface area contributed by atoms with Crippen molar-refractivity contribution in [1.29, 1.82) is 0 Å². The zero-order chi connectivity index (χ0) is 20.6. The molecule has 6 nitrogen and oxygen atoms in total. The summed E-state index contributed by atoms with van der Waals surface area (Å²) in [7, 11) is 1.68. The predicted octanol–water partition coefficient (Wildman–Crippen LogP) is 4.73. The van der Waals surface area contributed by atoms with E-state index in [1.165, 1.54) is 4.90 Å². The van der Waals surface area contributed by atoms with Gasteiger partial charge in [-0.25, -0.2) is 14.6 Å². The van der Waals surface area contributed by atoms with E-state index in [1.807, 2.05) is 26.2 Å². The predicted molar refractivity (Wildman–Crippen MR) is 110 cm³/mol. The molecule has 1 aromatic heterocycles. The number of aromatic nitrogens is 1. The van der Waals surface area contributed by atoms with Gasteiger partial charge in [-0.1, -0.05) is 52.6 Å². The zero-order valence-corrected chi connectivity index (χ0v) is 18.7. The Morgan fingerprint density at radius 1 is 1.33 bits per heavy atom. The number of urea groups is 1. The van der Waals surface area contributed by atoms with E-state index in [2.05, 4.69) is 24.1 Å². The summed E-state index contributed by atoms with van der Waals surface area (Å²) in [6.45, 7) is 10.3. The first kappa shape index (κ1) is 23.7. The first-order chi connectivity index (χ1) is 12.6. The molecule has 0 aliphatic heterocycles. The van der Waals surface area contributed by atoms with Gasteiger partial charge < -0.3 is 15.0 Å². The largest absolute Gasteiger partial charge is 0.444 e. The van der Waals surface area contributed by atoms with Crippen LogP contribution in [0.3, 0.4) is 0 Å². The molecule has 154 valence electrons. The van der Waals surface area contributed by atoms with Gasteiger partial charge in [0.15, 0.2) is 5.56 Å². The number of thiazole rings is 1. The molecule has 1 heterocycles. The van der Waals surface area contributed by atoms with Crippen molar-refractivity contribution in [2.45, 2.75) is 77.9 Å². The lowest BCUT2D eigenvalue weighted by atomic mass is 10.1. The van der Waals surface area contributed by atoms with Crippen molar-refractivity contribution in [3.05, 3.63) is 16.1 Å². The number of ether oxygens (including phenoxy) is 1. The number of alkyl halides is 1. The Labute approximate surface area is 171 Å². The molecule has 0 radical (unpaired) electrons. The van der Waals surface area contributed by atoms with Crippen LogP contribution in [0.2, 0.25) is 0 Å². The Bertz CT molecular complexity index is 607. The molecule has 2 amide bonds. The number of esters is 1. The third kappa shape index (κ3) is 8.05. The summed E-state index contributed by atoms with van der Waals surface area (Å²) in [5.41, 5.74) is 0.170. The molecule has 0 aliphatic rings. The average Bonchev–Trinajstić information content (AvgIpc) is 3.05. The topological polar surface area (TPSA) is 71.5 Å². The van der Waals surface area contributed by atoms with Gasteiger partial charge in [-0.15, -0.1) is 11.3 Å². The molecule has 0 spiro atoms. The number of halogens is 1. The second-order valence-electron chi connectivity index (χ2n) is 7.35. The molecule has 1 aromatic rings. The van der Waals surface area contributed by atoms with E-state index in [9.17, 15) is 9.59 Å². The summed E-state index contributed by atoms with van der Waals surface area (Å²) in [5.74, 6) is -0.255. The Morgan fingerprint density at radius 3 is 2.52 bits per heavy atom. The van der Waals surface area contributed by atoms with Crippen LogP contribution in [-0.2, 0) is 16.1 Å². The van der Waals surface area contributed by atoms with Crippen LogP contribution in [-0.4, -0.2) is 40.5 Å². The van der Waals surface area contributed by atoms with Crippen LogP contribution >= 0.6 is 22.9 Å². The van der Waals surface area contributed by atoms with Crippen molar-refractivity contribution < 1.29 is 14.3 Å². The van der Waals surface area contributed by atoms with Gasteiger partial charge in [0.1, 0.15) is 6.04 Å². The van der Waals surface area contributed by atoms with E-state index in [1.54, 1.807) is 18.4 Å². The third-order valence-corrected chi connectivity index (χ3v) is 5.54. The summed E-state index contributed by atoms with van der Waals surface area (Å²) >= 11 is 7.65. The van der Waals surface area contributed by atoms with Crippen molar-refractivity contribution in [2.24, 2.45) is 5.92 Å². The number of carbonyl (C=O) groups excluding carboxylic acids is 2. The van der Waals surface area contributed by atoms with Gasteiger partial charge in [-0.2, -0.15) is 0 Å². The zero-order valence-electron chi connectivity index (χ0n) is 17.1. The molecule has 1 N–H and O–H groups in total. The fourth-order valence-electron chi connectivity index (χ4n) is 2.34. The highest BCUT2D eigenvalue weighted by atomic mass is 35.5. The molecule has 0 saturated carbocycles. The van der Waals surface area contributed by atoms with Gasteiger partial charge in [0, 0.05) is 18.3 Å². The molecular formula is C19H32ClN3O3S. The number of hydrogen-bond donors (Lipinski definition) is 1. The number of rotatable bonds is 10. The van der Waals surface area contributed by atoms with Gasteiger partial charge in [-0.05, 0) is 18.8 Å². The third-order valence-electron chi connectivity index (χ3n) is 4.04. The first-order valence-corrected chi connectivity index (χ1v) is 10.8. The minimum atomic E-state index is -0.746. The summed E-state index contributed by atoms with van der Waals surface area (Å²) in [4.78, 5) is 31.0. The molecule has 0 aliphatic carbocycles. The number of carbonyl (C=O) groups is 2. The number of unbranched alkanes of at least 4 members (excludes halogenated alkanes) is 1. The van der Waals surface area contributed by atoms with Crippen LogP contribution in [0.1, 0.15) is 70.5 Å². The van der Waals surface area contributed by atoms with Gasteiger partial charge in [-0.3, -0.25) is 0 Å². The lowest BCUT2D eigenvalue weighted by molar-refractivity contribution is -0.149. The molecule has 27 heavy (non-hydrogen) atoms. The molecule has 8 heteroatoms. The van der Waals surface area contributed by atoms with E-state index in [4.69, 9.17) is 16.3 Å². The Kier molecular flexibility index (Phi) is 10.1. The number of nitrogens with one attached hydrogen (secondary N) is 1. The van der Waals surface area contributed by atoms with E-state index < -0.39 is 17.6 Å². The van der Waals surface area contributed by atoms with E-state index >= 15 is 0 Å². The summed E-state index contributed by atoms with van der Waals surface area (Å²) < 4.78 is 5.29. The van der Waals surface area contributed by atoms with E-state index in [0.29, 0.717) is 18.9 Å². The highest BCUT2D eigenvalue weighted by molar-refractivity contribution is 7.09. The van der Waals surface area contributed by atoms with Gasteiger partial charge in [0.25, 0.3) is 0 Å². The van der Waals surface area contributed by atoms with E-state index in [-0.39, 0.29) is 11.9 Å². The number of amides is 2. The molecule has 1 unspecified atom stereocenters. The minimum Gasteiger partial charge on any atom is -0.444 e. The van der Waals surface area contributed by atoms with Crippen molar-refractivity contribution in [2.75, 3.05) is 7.05 Å². The van der Waals surface area contributed by atoms with Crippen molar-refractivity contribution in [3.63, 3.8) is 0 Å². The minimum absolute atomic E-state index is 0.114. The standard InChI is InChI=1S/C19H32ClN3O3S/c1-7-8-9-15(20)26-18(24)16(12(2)3)22-19(25)23(6)10-14-11-27-17(21-14)13(4)5/h11-13,15-16H,7-10H2,1-6H3,(H,22,25)/t15?,16-/m0/s1. The van der Waals surface area contributed by atoms with Crippen LogP contribution < -0.4 is 5.32 Å². The highest BCUT2D eigenvalue weighted by Crippen LogP contribution is 2.20. The molecule has 0 fully saturated rings. The first-order valence-electron chi connectivity index (χ1n) is 9.46. The van der Waals surface area contributed by atoms with Crippen molar-refractivity contribution in [1.82, 2.24) is 15.2 Å². The summed E-state index contributed by atoms with van der Waals surface area (Å²) in [6, 6.07) is -1.09. The average molecular weight is 418 g/mol. The van der Waals surface area contributed by atoms with Crippen LogP contribution in [0.25, 0.3) is 0 Å². The normalized spacial score (nSPS) is 13.5. The summed E-state index contributed by atoms with van der Waals surface area (Å²) in [6.07, 6.45) is 2.46. The quantitative estimate of drug-likeness (QED) is 0.441. The van der Waals surface area contributed by atoms with Crippen LogP contribution in [0, 0.1) is 5.92 Å². The molecule has 0 saturated heterocycles. The second kappa shape index (κ2) is 11.5. The Morgan fingerprint density at radius 2 is 2.00 bits per heavy atom. The van der Waals surface area contributed by atoms with E-state index in [0.717, 1.165) is 23.5 Å². The maximum atomic E-state index is 12.5. The van der Waals surface area contributed by atoms with Crippen LogP contribution in [0.4, 0.5) is 4.79 Å². The maximum Gasteiger partial charge on any atom is 0.330 e. The molecule has 0 aromatic carbocycles. The molecule has 2 atom stereocenters. The second-order valence-corrected chi connectivity index (χ2v) is 8.72. The number of nitrogens with zero attached hydrogens (tertiary/aromatic N) is 2. The van der Waals surface area contributed by atoms with Gasteiger partial charge in [0.2, 0.25) is 0 Å². The van der Waals surface area contributed by atoms with Crippen LogP contribution in [0.15, 0.2) is 5.38 Å². The smallest absolute Gasteiger partial charge is 0.330 e. The number of hydrogen-bond acceptors (Lipinski definition) is 5. The van der Waals surface area contributed by atoms with Crippen LogP contribution in [0.5, 0.6) is 0 Å². The lowest BCUT2D eigenvalue weighted by Crippen LogP contribution is -2.50. The molecule has 0 bridgehead atoms. The fraction of sp³-hybridized carbons (Fsp3) is 0.737. The molecule has 1 rings (SSSR count). The van der Waals surface area contributed by atoms with Crippen molar-refractivity contribution in [3.8, 4) is 0 Å². The summed E-state index contributed by atoms with van der Waals surface area (Å²) in [5, 5.41) is 5.76. The maximum absolute atomic E-state index is 12.5. The fourth-order valence-corrected chi connectivity index (χ4v) is 3.41. The van der Waals surface area contributed by atoms with Gasteiger partial charge in [0.05, 0.1) is 17.2 Å².